The third-order valence-electron chi connectivity index (χ3n) is 2.98. The molecule has 0 fully saturated rings. The summed E-state index contributed by atoms with van der Waals surface area (Å²) >= 11 is 1.18. The van der Waals surface area contributed by atoms with Crippen LogP contribution in [0.25, 0.3) is 0 Å². The first-order valence-electron chi connectivity index (χ1n) is 7.09. The first-order chi connectivity index (χ1) is 12.4. The number of carbonyl (C=O) groups is 2. The minimum atomic E-state index is -4.99. The molecule has 0 aromatic heterocycles. The van der Waals surface area contributed by atoms with E-state index in [-0.39, 0.29) is 11.4 Å². The van der Waals surface area contributed by atoms with Gasteiger partial charge < -0.3 is 10.6 Å². The van der Waals surface area contributed by atoms with Gasteiger partial charge in [0.25, 0.3) is 0 Å². The van der Waals surface area contributed by atoms with E-state index in [4.69, 9.17) is 0 Å². The molecule has 2 aromatic rings. The Bertz CT molecular complexity index is 747. The van der Waals surface area contributed by atoms with Crippen molar-refractivity contribution in [3.05, 3.63) is 48.5 Å². The lowest BCUT2D eigenvalue weighted by Gasteiger charge is -2.09. The molecule has 0 unspecified atom stereocenters. The smallest absolute Gasteiger partial charge is 0.318 e. The summed E-state index contributed by atoms with van der Waals surface area (Å²) in [5, 5.41) is 3.41. The zero-order valence-corrected chi connectivity index (χ0v) is 13.9. The van der Waals surface area contributed by atoms with Crippen molar-refractivity contribution in [3.63, 3.8) is 0 Å². The van der Waals surface area contributed by atoms with Crippen LogP contribution in [-0.2, 0) is 9.59 Å². The van der Waals surface area contributed by atoms with Crippen LogP contribution in [0, 0.1) is 0 Å². The molecule has 2 aromatic carbocycles. The number of hydrogen-bond acceptors (Lipinski definition) is 3. The topological polar surface area (TPSA) is 58.2 Å². The van der Waals surface area contributed by atoms with Gasteiger partial charge in [0.1, 0.15) is 0 Å². The van der Waals surface area contributed by atoms with Crippen LogP contribution in [0.1, 0.15) is 0 Å². The van der Waals surface area contributed by atoms with E-state index in [1.165, 1.54) is 60.3 Å². The molecule has 0 aliphatic carbocycles. The van der Waals surface area contributed by atoms with E-state index in [1.54, 1.807) is 10.6 Å². The van der Waals surface area contributed by atoms with E-state index in [0.29, 0.717) is 9.79 Å². The Labute approximate surface area is 152 Å². The second-order valence-electron chi connectivity index (χ2n) is 5.05. The Balaban J connectivity index is 1.97. The number of benzene rings is 2. The van der Waals surface area contributed by atoms with Gasteiger partial charge in [-0.2, -0.15) is 26.3 Å². The van der Waals surface area contributed by atoms with Crippen LogP contribution >= 0.6 is 11.8 Å². The van der Waals surface area contributed by atoms with E-state index in [1.807, 2.05) is 0 Å². The van der Waals surface area contributed by atoms with E-state index < -0.39 is 24.2 Å². The first-order valence-corrected chi connectivity index (χ1v) is 7.91. The number of hydrogen-bond donors (Lipinski definition) is 2. The molecule has 144 valence electrons. The molecule has 2 amide bonds. The van der Waals surface area contributed by atoms with Gasteiger partial charge in [-0.05, 0) is 48.5 Å². The van der Waals surface area contributed by atoms with E-state index in [2.05, 4.69) is 0 Å². The van der Waals surface area contributed by atoms with Gasteiger partial charge in [-0.3, -0.25) is 9.59 Å². The van der Waals surface area contributed by atoms with Crippen LogP contribution in [0.2, 0.25) is 0 Å². The maximum absolute atomic E-state index is 12.2. The Morgan fingerprint density at radius 1 is 0.630 bits per heavy atom. The molecule has 0 saturated carbocycles. The largest absolute Gasteiger partial charge is 0.471 e. The maximum atomic E-state index is 12.2. The molecule has 11 heteroatoms. The number of rotatable bonds is 4. The summed E-state index contributed by atoms with van der Waals surface area (Å²) in [6.45, 7) is 0. The van der Waals surface area contributed by atoms with E-state index in [9.17, 15) is 35.9 Å². The predicted molar refractivity (Wildman–Crippen MR) is 86.4 cm³/mol. The maximum Gasteiger partial charge on any atom is 0.471 e. The molecule has 4 nitrogen and oxygen atoms in total. The minimum absolute atomic E-state index is 0.0353. The molecule has 0 bridgehead atoms. The van der Waals surface area contributed by atoms with Crippen LogP contribution in [0.15, 0.2) is 58.3 Å². The summed E-state index contributed by atoms with van der Waals surface area (Å²) in [6, 6.07) is 11.0. The Morgan fingerprint density at radius 3 is 1.19 bits per heavy atom. The fourth-order valence-corrected chi connectivity index (χ4v) is 2.57. The molecule has 0 heterocycles. The summed E-state index contributed by atoms with van der Waals surface area (Å²) in [5.41, 5.74) is -0.0706. The number of carbonyl (C=O) groups excluding carboxylic acids is 2. The monoisotopic (exact) mass is 408 g/mol. The highest BCUT2D eigenvalue weighted by atomic mass is 32.2. The fraction of sp³-hybridized carbons (Fsp3) is 0.125. The molecule has 27 heavy (non-hydrogen) atoms. The lowest BCUT2D eigenvalue weighted by Crippen LogP contribution is -2.29. The van der Waals surface area contributed by atoms with Gasteiger partial charge in [0.05, 0.1) is 0 Å². The lowest BCUT2D eigenvalue weighted by molar-refractivity contribution is -0.167. The van der Waals surface area contributed by atoms with Crippen molar-refractivity contribution in [1.82, 2.24) is 0 Å². The average Bonchev–Trinajstić information content (AvgIpc) is 2.56. The van der Waals surface area contributed by atoms with Crippen molar-refractivity contribution in [3.8, 4) is 0 Å². The van der Waals surface area contributed by atoms with Crippen LogP contribution in [-0.4, -0.2) is 24.2 Å². The number of alkyl halides is 6. The lowest BCUT2D eigenvalue weighted by atomic mass is 10.3. The first kappa shape index (κ1) is 20.6. The zero-order valence-electron chi connectivity index (χ0n) is 13.1. The van der Waals surface area contributed by atoms with E-state index >= 15 is 0 Å². The van der Waals surface area contributed by atoms with Gasteiger partial charge in [-0.15, -0.1) is 0 Å². The molecular weight excluding hydrogens is 398 g/mol. The Hall–Kier alpha value is -2.69. The normalized spacial score (nSPS) is 11.8. The predicted octanol–water partition coefficient (Wildman–Crippen LogP) is 4.84. The number of nitrogens with one attached hydrogen (secondary N) is 2. The summed E-state index contributed by atoms with van der Waals surface area (Å²) in [4.78, 5) is 22.9. The fourth-order valence-electron chi connectivity index (χ4n) is 1.75. The highest BCUT2D eigenvalue weighted by Gasteiger charge is 2.39. The molecule has 0 radical (unpaired) electrons. The summed E-state index contributed by atoms with van der Waals surface area (Å²) in [5.74, 6) is -4.17. The van der Waals surface area contributed by atoms with Gasteiger partial charge in [-0.25, -0.2) is 0 Å². The van der Waals surface area contributed by atoms with Crippen molar-refractivity contribution in [2.45, 2.75) is 22.1 Å². The molecular formula is C16H10F6N2O2S. The minimum Gasteiger partial charge on any atom is -0.318 e. The quantitative estimate of drug-likeness (QED) is 0.712. The number of amides is 2. The third-order valence-corrected chi connectivity index (χ3v) is 3.99. The Kier molecular flexibility index (Phi) is 6.04. The Morgan fingerprint density at radius 2 is 0.926 bits per heavy atom. The average molecular weight is 408 g/mol. The van der Waals surface area contributed by atoms with Crippen molar-refractivity contribution >= 4 is 35.0 Å². The number of halogens is 6. The summed E-state index contributed by atoms with van der Waals surface area (Å²) in [6.07, 6.45) is -9.98. The van der Waals surface area contributed by atoms with Gasteiger partial charge in [-0.1, -0.05) is 11.8 Å². The van der Waals surface area contributed by atoms with Crippen molar-refractivity contribution < 1.29 is 35.9 Å². The van der Waals surface area contributed by atoms with Gasteiger partial charge in [0, 0.05) is 21.2 Å². The van der Waals surface area contributed by atoms with E-state index in [0.717, 1.165) is 0 Å². The summed E-state index contributed by atoms with van der Waals surface area (Å²) < 4.78 is 73.0. The van der Waals surface area contributed by atoms with Crippen molar-refractivity contribution in [2.24, 2.45) is 0 Å². The highest BCUT2D eigenvalue weighted by Crippen LogP contribution is 2.30. The summed E-state index contributed by atoms with van der Waals surface area (Å²) in [7, 11) is 0. The second kappa shape index (κ2) is 7.91. The van der Waals surface area contributed by atoms with Crippen LogP contribution < -0.4 is 10.6 Å². The van der Waals surface area contributed by atoms with Crippen molar-refractivity contribution in [2.75, 3.05) is 10.6 Å². The van der Waals surface area contributed by atoms with Gasteiger partial charge >= 0.3 is 24.2 Å². The van der Waals surface area contributed by atoms with Crippen molar-refractivity contribution in [1.29, 1.82) is 0 Å². The SMILES string of the molecule is O=C(Nc1ccc(Sc2ccc(NC(=O)C(F)(F)F)cc2)cc1)C(F)(F)F. The molecule has 0 atom stereocenters. The molecule has 2 N–H and O–H groups in total. The van der Waals surface area contributed by atoms with Crippen LogP contribution in [0.5, 0.6) is 0 Å². The standard InChI is InChI=1S/C16H10F6N2O2S/c17-15(18,19)13(25)23-9-1-5-11(6-2-9)27-12-7-3-10(4-8-12)24-14(26)16(20,21)22/h1-8H,(H,23,25)(H,24,26). The second-order valence-corrected chi connectivity index (χ2v) is 6.20. The third kappa shape index (κ3) is 6.20. The van der Waals surface area contributed by atoms with Crippen LogP contribution in [0.4, 0.5) is 37.7 Å². The zero-order chi connectivity index (χ0) is 20.2. The number of anilines is 2. The molecule has 2 rings (SSSR count). The highest BCUT2D eigenvalue weighted by molar-refractivity contribution is 7.99. The molecule has 0 aliphatic rings. The molecule has 0 spiro atoms. The van der Waals surface area contributed by atoms with Gasteiger partial charge in [0.15, 0.2) is 0 Å². The molecule has 0 aliphatic heterocycles. The molecule has 0 saturated heterocycles. The van der Waals surface area contributed by atoms with Crippen LogP contribution in [0.3, 0.4) is 0 Å². The van der Waals surface area contributed by atoms with Gasteiger partial charge in [0.2, 0.25) is 0 Å².